The molecule has 2 aromatic rings. The van der Waals surface area contributed by atoms with E-state index in [4.69, 9.17) is 4.74 Å². The van der Waals surface area contributed by atoms with Crippen molar-refractivity contribution in [2.24, 2.45) is 11.8 Å². The molecule has 40 heavy (non-hydrogen) atoms. The number of ether oxygens (including phenoxy) is 1. The van der Waals surface area contributed by atoms with Gasteiger partial charge in [-0.05, 0) is 69.2 Å². The van der Waals surface area contributed by atoms with E-state index >= 15 is 0 Å². The predicted octanol–water partition coefficient (Wildman–Crippen LogP) is 1.88. The van der Waals surface area contributed by atoms with Crippen LogP contribution >= 0.6 is 0 Å². The summed E-state index contributed by atoms with van der Waals surface area (Å²) in [4.78, 5) is 49.8. The van der Waals surface area contributed by atoms with Gasteiger partial charge in [-0.15, -0.1) is 0 Å². The summed E-state index contributed by atoms with van der Waals surface area (Å²) in [6.45, 7) is 6.58. The van der Waals surface area contributed by atoms with Crippen molar-refractivity contribution in [3.63, 3.8) is 0 Å². The molecular weight excluding hydrogens is 510 g/mol. The standard InChI is InChI=1S/C30H39N5O5/c1-16(2)11-23-27(37)34-10-6-9-24(34)30(39)35(23)28(38)29(3,40-30)32-26(36)18-12-20-19-7-5-8-21-25(19)17(14-31-21)13-22(20)33(4)15-18/h5,7-8,14,16,18,20,22-24,31,39H,6,9-13,15H2,1-4H3,(H,32,36)/t18-,20+,22+,23-,24-,29+,30-/m0/s1. The summed E-state index contributed by atoms with van der Waals surface area (Å²) in [6, 6.07) is 5.14. The Balaban J connectivity index is 1.16. The lowest BCUT2D eigenvalue weighted by atomic mass is 9.72. The van der Waals surface area contributed by atoms with Crippen LogP contribution in [0.2, 0.25) is 0 Å². The van der Waals surface area contributed by atoms with Gasteiger partial charge in [0.15, 0.2) is 0 Å². The molecular formula is C30H39N5O5. The van der Waals surface area contributed by atoms with E-state index in [0.717, 1.165) is 18.4 Å². The number of benzene rings is 1. The summed E-state index contributed by atoms with van der Waals surface area (Å²) < 4.78 is 6.19. The molecule has 1 aromatic carbocycles. The second-order valence-electron chi connectivity index (χ2n) is 13.1. The number of likely N-dealkylation sites (tertiary alicyclic amines) is 1. The second kappa shape index (κ2) is 8.77. The fourth-order valence-electron chi connectivity index (χ4n) is 8.29. The Hall–Kier alpha value is -2.95. The number of piperidine rings is 1. The minimum Gasteiger partial charge on any atom is -0.361 e. The van der Waals surface area contributed by atoms with Crippen LogP contribution in [0.25, 0.3) is 10.9 Å². The van der Waals surface area contributed by atoms with Crippen molar-refractivity contribution in [2.45, 2.75) is 88.6 Å². The van der Waals surface area contributed by atoms with Crippen molar-refractivity contribution in [1.82, 2.24) is 25.0 Å². The van der Waals surface area contributed by atoms with Crippen LogP contribution in [0, 0.1) is 11.8 Å². The normalized spacial score (nSPS) is 37.2. The van der Waals surface area contributed by atoms with E-state index < -0.39 is 29.6 Å². The van der Waals surface area contributed by atoms with Crippen molar-refractivity contribution in [3.8, 4) is 0 Å². The third-order valence-electron chi connectivity index (χ3n) is 10.0. The Morgan fingerprint density at radius 1 is 1.30 bits per heavy atom. The number of carbonyl (C=O) groups excluding carboxylic acids is 3. The molecule has 214 valence electrons. The average Bonchev–Trinajstić information content (AvgIpc) is 3.60. The highest BCUT2D eigenvalue weighted by molar-refractivity contribution is 5.97. The fourth-order valence-corrected chi connectivity index (χ4v) is 8.29. The molecule has 0 spiro atoms. The summed E-state index contributed by atoms with van der Waals surface area (Å²) in [6.07, 6.45) is 5.36. The molecule has 4 fully saturated rings. The van der Waals surface area contributed by atoms with Crippen molar-refractivity contribution in [1.29, 1.82) is 0 Å². The Morgan fingerprint density at radius 3 is 2.88 bits per heavy atom. The lowest BCUT2D eigenvalue weighted by Crippen LogP contribution is -2.71. The topological polar surface area (TPSA) is 118 Å². The maximum absolute atomic E-state index is 14.0. The minimum atomic E-state index is -1.97. The summed E-state index contributed by atoms with van der Waals surface area (Å²) in [5, 5.41) is 16.1. The van der Waals surface area contributed by atoms with Crippen LogP contribution in [-0.2, 0) is 25.5 Å². The summed E-state index contributed by atoms with van der Waals surface area (Å²) in [7, 11) is 2.06. The van der Waals surface area contributed by atoms with Crippen LogP contribution in [0.4, 0.5) is 0 Å². The van der Waals surface area contributed by atoms with Gasteiger partial charge in [0.1, 0.15) is 12.1 Å². The Kier molecular flexibility index (Phi) is 5.70. The number of aliphatic hydroxyl groups is 1. The summed E-state index contributed by atoms with van der Waals surface area (Å²) in [5.41, 5.74) is 1.93. The number of aromatic amines is 1. The molecule has 4 aliphatic heterocycles. The molecule has 0 saturated carbocycles. The fraction of sp³-hybridized carbons (Fsp3) is 0.633. The zero-order chi connectivity index (χ0) is 28.1. The number of hydrogen-bond acceptors (Lipinski definition) is 6. The van der Waals surface area contributed by atoms with Crippen LogP contribution in [0.1, 0.15) is 63.5 Å². The molecule has 0 unspecified atom stereocenters. The van der Waals surface area contributed by atoms with Gasteiger partial charge in [-0.1, -0.05) is 26.0 Å². The highest BCUT2D eigenvalue weighted by Gasteiger charge is 2.70. The molecule has 7 atom stereocenters. The summed E-state index contributed by atoms with van der Waals surface area (Å²) >= 11 is 0. The maximum atomic E-state index is 14.0. The number of hydrogen-bond donors (Lipinski definition) is 3. The Morgan fingerprint density at radius 2 is 2.10 bits per heavy atom. The molecule has 3 N–H and O–H groups in total. The Bertz CT molecular complexity index is 1410. The molecule has 10 nitrogen and oxygen atoms in total. The van der Waals surface area contributed by atoms with E-state index in [1.165, 1.54) is 28.3 Å². The number of rotatable bonds is 4. The van der Waals surface area contributed by atoms with Crippen LogP contribution in [0.15, 0.2) is 24.4 Å². The van der Waals surface area contributed by atoms with E-state index in [2.05, 4.69) is 46.6 Å². The molecule has 1 aliphatic carbocycles. The van der Waals surface area contributed by atoms with Gasteiger partial charge in [0.05, 0.1) is 5.92 Å². The first kappa shape index (κ1) is 26.0. The number of nitrogens with one attached hydrogen (secondary N) is 2. The first-order chi connectivity index (χ1) is 19.0. The van der Waals surface area contributed by atoms with Crippen molar-refractivity contribution in [3.05, 3.63) is 35.5 Å². The van der Waals surface area contributed by atoms with Gasteiger partial charge in [-0.2, -0.15) is 0 Å². The predicted molar refractivity (Wildman–Crippen MR) is 147 cm³/mol. The van der Waals surface area contributed by atoms with Gasteiger partial charge in [0.2, 0.25) is 17.5 Å². The van der Waals surface area contributed by atoms with Crippen molar-refractivity contribution >= 4 is 28.6 Å². The number of H-pyrrole nitrogens is 1. The van der Waals surface area contributed by atoms with Gasteiger partial charge in [0.25, 0.3) is 11.8 Å². The Labute approximate surface area is 234 Å². The minimum absolute atomic E-state index is 0.123. The molecule has 7 rings (SSSR count). The van der Waals surface area contributed by atoms with Gasteiger partial charge in [-0.3, -0.25) is 24.0 Å². The second-order valence-corrected chi connectivity index (χ2v) is 13.1. The van der Waals surface area contributed by atoms with Gasteiger partial charge >= 0.3 is 0 Å². The third-order valence-corrected chi connectivity index (χ3v) is 10.0. The van der Waals surface area contributed by atoms with Gasteiger partial charge in [0, 0.05) is 42.1 Å². The molecule has 0 radical (unpaired) electrons. The average molecular weight is 550 g/mol. The number of fused-ring (bicyclic) bond motifs is 5. The summed E-state index contributed by atoms with van der Waals surface area (Å²) in [5.74, 6) is -3.01. The molecule has 0 bridgehead atoms. The lowest BCUT2D eigenvalue weighted by Gasteiger charge is -2.49. The monoisotopic (exact) mass is 549 g/mol. The smallest absolute Gasteiger partial charge is 0.280 e. The van der Waals surface area contributed by atoms with Crippen LogP contribution in [0.5, 0.6) is 0 Å². The first-order valence-electron chi connectivity index (χ1n) is 14.7. The van der Waals surface area contributed by atoms with E-state index in [1.807, 2.05) is 13.8 Å². The molecule has 3 amide bonds. The quantitative estimate of drug-likeness (QED) is 0.536. The molecule has 5 aliphatic rings. The molecule has 10 heteroatoms. The van der Waals surface area contributed by atoms with Crippen LogP contribution < -0.4 is 5.32 Å². The lowest BCUT2D eigenvalue weighted by molar-refractivity contribution is -0.315. The maximum Gasteiger partial charge on any atom is 0.280 e. The van der Waals surface area contributed by atoms with Gasteiger partial charge < -0.3 is 25.2 Å². The van der Waals surface area contributed by atoms with E-state index in [9.17, 15) is 19.5 Å². The van der Waals surface area contributed by atoms with Gasteiger partial charge in [-0.25, -0.2) is 0 Å². The van der Waals surface area contributed by atoms with Crippen LogP contribution in [-0.4, -0.2) is 92.4 Å². The number of aromatic nitrogens is 1. The third kappa shape index (κ3) is 3.55. The van der Waals surface area contributed by atoms with Crippen molar-refractivity contribution < 1.29 is 24.2 Å². The molecule has 1 aromatic heterocycles. The van der Waals surface area contributed by atoms with E-state index in [1.54, 1.807) is 4.90 Å². The number of likely N-dealkylation sites (N-methyl/N-ethyl adjacent to an activating group) is 1. The highest BCUT2D eigenvalue weighted by atomic mass is 16.7. The number of amides is 3. The highest BCUT2D eigenvalue weighted by Crippen LogP contribution is 2.47. The number of nitrogens with zero attached hydrogens (tertiary/aromatic N) is 3. The SMILES string of the molecule is CC(C)C[C@H]1C(=O)N2CCC[C@H]2[C@]2(O)O[C@@](C)(NC(=O)[C@H]3C[C@@H]4c5cccc6[nH]cc(c56)C[C@H]4N(C)C3)C(=O)N12. The first-order valence-corrected chi connectivity index (χ1v) is 14.7. The van der Waals surface area contributed by atoms with E-state index in [-0.39, 0.29) is 29.6 Å². The number of carbonyl (C=O) groups is 3. The largest absolute Gasteiger partial charge is 0.361 e. The molecule has 4 saturated heterocycles. The van der Waals surface area contributed by atoms with E-state index in [0.29, 0.717) is 38.4 Å². The zero-order valence-corrected chi connectivity index (χ0v) is 23.6. The van der Waals surface area contributed by atoms with Crippen molar-refractivity contribution in [2.75, 3.05) is 20.1 Å². The van der Waals surface area contributed by atoms with Crippen LogP contribution in [0.3, 0.4) is 0 Å². The zero-order valence-electron chi connectivity index (χ0n) is 23.6. The number of piperazine rings is 1. The molecule has 5 heterocycles.